The van der Waals surface area contributed by atoms with Crippen LogP contribution >= 0.6 is 15.9 Å². The van der Waals surface area contributed by atoms with Crippen LogP contribution in [-0.4, -0.2) is 42.9 Å². The third kappa shape index (κ3) is 6.49. The molecule has 7 heteroatoms. The number of benzene rings is 2. The molecule has 0 heterocycles. The van der Waals surface area contributed by atoms with Crippen LogP contribution in [0.25, 0.3) is 0 Å². The van der Waals surface area contributed by atoms with Crippen molar-refractivity contribution in [2.45, 2.75) is 13.5 Å². The quantitative estimate of drug-likeness (QED) is 0.632. The van der Waals surface area contributed by atoms with Crippen LogP contribution in [-0.2, 0) is 20.9 Å². The van der Waals surface area contributed by atoms with E-state index in [1.807, 2.05) is 36.4 Å². The standard InChI is InChI=1S/C21H23BrN2O4/c1-15(21(27)28-2)13-24(14-16-7-4-3-5-8-16)19(25)12-23-20(26)17-9-6-10-18(22)11-17/h3-11,15H,12-14H2,1-2H3,(H,23,26). The van der Waals surface area contributed by atoms with E-state index in [1.165, 1.54) is 7.11 Å². The van der Waals surface area contributed by atoms with E-state index in [0.717, 1.165) is 10.0 Å². The molecule has 0 radical (unpaired) electrons. The van der Waals surface area contributed by atoms with Gasteiger partial charge in [0.25, 0.3) is 5.91 Å². The first-order chi connectivity index (χ1) is 13.4. The number of rotatable bonds is 8. The SMILES string of the molecule is COC(=O)C(C)CN(Cc1ccccc1)C(=O)CNC(=O)c1cccc(Br)c1. The zero-order chi connectivity index (χ0) is 20.5. The molecule has 28 heavy (non-hydrogen) atoms. The van der Waals surface area contributed by atoms with E-state index in [-0.39, 0.29) is 30.9 Å². The van der Waals surface area contributed by atoms with Gasteiger partial charge in [0, 0.05) is 23.1 Å². The van der Waals surface area contributed by atoms with E-state index in [1.54, 1.807) is 30.0 Å². The Morgan fingerprint density at radius 2 is 1.82 bits per heavy atom. The fraction of sp³-hybridized carbons (Fsp3) is 0.286. The summed E-state index contributed by atoms with van der Waals surface area (Å²) >= 11 is 3.32. The average Bonchev–Trinajstić information content (AvgIpc) is 2.71. The molecule has 6 nitrogen and oxygen atoms in total. The van der Waals surface area contributed by atoms with Gasteiger partial charge in [0.15, 0.2) is 0 Å². The molecule has 0 bridgehead atoms. The molecule has 0 saturated carbocycles. The van der Waals surface area contributed by atoms with Crippen LogP contribution in [0.2, 0.25) is 0 Å². The minimum atomic E-state index is -0.474. The third-order valence-corrected chi connectivity index (χ3v) is 4.65. The minimum absolute atomic E-state index is 0.161. The molecule has 1 atom stereocenters. The summed E-state index contributed by atoms with van der Waals surface area (Å²) in [6.07, 6.45) is 0. The van der Waals surface area contributed by atoms with Gasteiger partial charge in [-0.3, -0.25) is 14.4 Å². The zero-order valence-corrected chi connectivity index (χ0v) is 17.4. The van der Waals surface area contributed by atoms with Gasteiger partial charge in [-0.2, -0.15) is 0 Å². The summed E-state index contributed by atoms with van der Waals surface area (Å²) in [4.78, 5) is 38.4. The molecular weight excluding hydrogens is 424 g/mol. The van der Waals surface area contributed by atoms with Gasteiger partial charge in [0.1, 0.15) is 0 Å². The Morgan fingerprint density at radius 3 is 2.46 bits per heavy atom. The number of carbonyl (C=O) groups is 3. The van der Waals surface area contributed by atoms with Gasteiger partial charge in [0.05, 0.1) is 19.6 Å². The highest BCUT2D eigenvalue weighted by atomic mass is 79.9. The molecule has 0 aliphatic heterocycles. The van der Waals surface area contributed by atoms with E-state index >= 15 is 0 Å². The Bertz CT molecular complexity index is 826. The maximum absolute atomic E-state index is 12.7. The van der Waals surface area contributed by atoms with Crippen LogP contribution in [0.15, 0.2) is 59.1 Å². The number of esters is 1. The monoisotopic (exact) mass is 446 g/mol. The molecule has 0 spiro atoms. The van der Waals surface area contributed by atoms with Crippen molar-refractivity contribution in [1.82, 2.24) is 10.2 Å². The van der Waals surface area contributed by atoms with Crippen molar-refractivity contribution in [2.75, 3.05) is 20.2 Å². The van der Waals surface area contributed by atoms with Gasteiger partial charge in [-0.25, -0.2) is 0 Å². The third-order valence-electron chi connectivity index (χ3n) is 4.15. The predicted molar refractivity (Wildman–Crippen MR) is 110 cm³/mol. The molecule has 0 aromatic heterocycles. The summed E-state index contributed by atoms with van der Waals surface area (Å²) in [6.45, 7) is 2.09. The minimum Gasteiger partial charge on any atom is -0.469 e. The van der Waals surface area contributed by atoms with Crippen molar-refractivity contribution < 1.29 is 19.1 Å². The van der Waals surface area contributed by atoms with Crippen molar-refractivity contribution >= 4 is 33.7 Å². The summed E-state index contributed by atoms with van der Waals surface area (Å²) < 4.78 is 5.54. The lowest BCUT2D eigenvalue weighted by molar-refractivity contribution is -0.146. The van der Waals surface area contributed by atoms with Crippen molar-refractivity contribution in [3.63, 3.8) is 0 Å². The molecule has 0 aliphatic rings. The first-order valence-electron chi connectivity index (χ1n) is 8.84. The maximum Gasteiger partial charge on any atom is 0.310 e. The molecule has 1 unspecified atom stereocenters. The smallest absolute Gasteiger partial charge is 0.310 e. The number of nitrogens with zero attached hydrogens (tertiary/aromatic N) is 1. The molecule has 2 rings (SSSR count). The fourth-order valence-electron chi connectivity index (χ4n) is 2.66. The van der Waals surface area contributed by atoms with Gasteiger partial charge in [-0.05, 0) is 23.8 Å². The highest BCUT2D eigenvalue weighted by Gasteiger charge is 2.22. The molecule has 2 aromatic rings. The van der Waals surface area contributed by atoms with Crippen LogP contribution in [0, 0.1) is 5.92 Å². The zero-order valence-electron chi connectivity index (χ0n) is 15.9. The van der Waals surface area contributed by atoms with Crippen LogP contribution in [0.5, 0.6) is 0 Å². The van der Waals surface area contributed by atoms with Crippen LogP contribution in [0.4, 0.5) is 0 Å². The first kappa shape index (κ1) is 21.6. The number of hydrogen-bond donors (Lipinski definition) is 1. The summed E-state index contributed by atoms with van der Waals surface area (Å²) in [5.41, 5.74) is 1.39. The highest BCUT2D eigenvalue weighted by Crippen LogP contribution is 2.12. The molecule has 148 valence electrons. The Labute approximate surface area is 173 Å². The van der Waals surface area contributed by atoms with Crippen molar-refractivity contribution in [1.29, 1.82) is 0 Å². The van der Waals surface area contributed by atoms with Crippen molar-refractivity contribution in [2.24, 2.45) is 5.92 Å². The Balaban J connectivity index is 2.04. The second kappa shape index (κ2) is 10.6. The number of nitrogens with one attached hydrogen (secondary N) is 1. The van der Waals surface area contributed by atoms with Gasteiger partial charge in [0.2, 0.25) is 5.91 Å². The van der Waals surface area contributed by atoms with E-state index in [2.05, 4.69) is 21.2 Å². The lowest BCUT2D eigenvalue weighted by Gasteiger charge is -2.25. The number of carbonyl (C=O) groups excluding carboxylic acids is 3. The summed E-state index contributed by atoms with van der Waals surface area (Å²) in [6, 6.07) is 16.4. The van der Waals surface area contributed by atoms with Crippen LogP contribution in [0.3, 0.4) is 0 Å². The Hall–Kier alpha value is -2.67. The fourth-order valence-corrected chi connectivity index (χ4v) is 3.06. The lowest BCUT2D eigenvalue weighted by Crippen LogP contribution is -2.42. The highest BCUT2D eigenvalue weighted by molar-refractivity contribution is 9.10. The summed E-state index contributed by atoms with van der Waals surface area (Å²) in [5.74, 6) is -1.47. The molecule has 2 aromatic carbocycles. The van der Waals surface area contributed by atoms with Crippen LogP contribution in [0.1, 0.15) is 22.8 Å². The van der Waals surface area contributed by atoms with Gasteiger partial charge in [-0.1, -0.05) is 59.3 Å². The van der Waals surface area contributed by atoms with E-state index in [0.29, 0.717) is 12.1 Å². The Morgan fingerprint density at radius 1 is 1.11 bits per heavy atom. The predicted octanol–water partition coefficient (Wildman–Crippen LogP) is 3.02. The maximum atomic E-state index is 12.7. The van der Waals surface area contributed by atoms with E-state index < -0.39 is 5.92 Å². The van der Waals surface area contributed by atoms with Gasteiger partial charge < -0.3 is 15.0 Å². The van der Waals surface area contributed by atoms with Gasteiger partial charge in [-0.15, -0.1) is 0 Å². The van der Waals surface area contributed by atoms with E-state index in [4.69, 9.17) is 4.74 Å². The summed E-state index contributed by atoms with van der Waals surface area (Å²) in [5, 5.41) is 2.64. The lowest BCUT2D eigenvalue weighted by atomic mass is 10.1. The van der Waals surface area contributed by atoms with Gasteiger partial charge >= 0.3 is 5.97 Å². The summed E-state index contributed by atoms with van der Waals surface area (Å²) in [7, 11) is 1.32. The second-order valence-corrected chi connectivity index (χ2v) is 7.29. The number of ether oxygens (including phenoxy) is 1. The molecule has 1 N–H and O–H groups in total. The number of halogens is 1. The van der Waals surface area contributed by atoms with Crippen LogP contribution < -0.4 is 5.32 Å². The topological polar surface area (TPSA) is 75.7 Å². The molecule has 0 saturated heterocycles. The molecular formula is C21H23BrN2O4. The second-order valence-electron chi connectivity index (χ2n) is 6.38. The first-order valence-corrected chi connectivity index (χ1v) is 9.63. The van der Waals surface area contributed by atoms with Crippen molar-refractivity contribution in [3.05, 3.63) is 70.2 Å². The average molecular weight is 447 g/mol. The van der Waals surface area contributed by atoms with Crippen molar-refractivity contribution in [3.8, 4) is 0 Å². The number of amides is 2. The largest absolute Gasteiger partial charge is 0.469 e. The molecule has 0 aliphatic carbocycles. The normalized spacial score (nSPS) is 11.4. The Kier molecular flexibility index (Phi) is 8.19. The molecule has 0 fully saturated rings. The number of hydrogen-bond acceptors (Lipinski definition) is 4. The van der Waals surface area contributed by atoms with E-state index in [9.17, 15) is 14.4 Å². The molecule has 2 amide bonds. The number of methoxy groups -OCH3 is 1.